The third-order valence-corrected chi connectivity index (χ3v) is 5.91. The Bertz CT molecular complexity index is 557. The number of hydrogen-bond donors (Lipinski definition) is 0. The minimum absolute atomic E-state index is 0.191. The van der Waals surface area contributed by atoms with E-state index in [9.17, 15) is 4.39 Å². The fraction of sp³-hybridized carbons (Fsp3) is 0.714. The molecule has 0 saturated heterocycles. The van der Waals surface area contributed by atoms with E-state index in [1.54, 1.807) is 0 Å². The van der Waals surface area contributed by atoms with Gasteiger partial charge in [0.1, 0.15) is 0 Å². The standard InChI is InChI=1S/C21H31FO2/c1-5-14(4)16-8-9-18(22)20(12-16)24-21(13(2)3)23-19-11-15-6-7-17(19)10-15/h8-9,12-15,17,19,21H,5-7,10-11H2,1-4H3. The highest BCUT2D eigenvalue weighted by Crippen LogP contribution is 2.46. The summed E-state index contributed by atoms with van der Waals surface area (Å²) in [6.07, 6.45) is 6.01. The summed E-state index contributed by atoms with van der Waals surface area (Å²) in [5, 5.41) is 0. The van der Waals surface area contributed by atoms with Gasteiger partial charge in [-0.25, -0.2) is 4.39 Å². The van der Waals surface area contributed by atoms with Crippen LogP contribution in [0.15, 0.2) is 18.2 Å². The molecule has 2 aliphatic carbocycles. The fourth-order valence-corrected chi connectivity index (χ4v) is 4.12. The van der Waals surface area contributed by atoms with Crippen LogP contribution in [-0.4, -0.2) is 12.4 Å². The van der Waals surface area contributed by atoms with Gasteiger partial charge < -0.3 is 9.47 Å². The average Bonchev–Trinajstić information content (AvgIpc) is 3.18. The average molecular weight is 334 g/mol. The Morgan fingerprint density at radius 3 is 2.54 bits per heavy atom. The Kier molecular flexibility index (Phi) is 5.49. The lowest BCUT2D eigenvalue weighted by atomic mass is 9.97. The first-order valence-electron chi connectivity index (χ1n) is 9.59. The van der Waals surface area contributed by atoms with Crippen molar-refractivity contribution in [3.05, 3.63) is 29.6 Å². The van der Waals surface area contributed by atoms with Crippen LogP contribution >= 0.6 is 0 Å². The topological polar surface area (TPSA) is 18.5 Å². The van der Waals surface area contributed by atoms with Crippen molar-refractivity contribution in [2.45, 2.75) is 78.1 Å². The van der Waals surface area contributed by atoms with Crippen LogP contribution in [0.3, 0.4) is 0 Å². The van der Waals surface area contributed by atoms with Crippen LogP contribution < -0.4 is 4.74 Å². The molecule has 2 fully saturated rings. The van der Waals surface area contributed by atoms with E-state index >= 15 is 0 Å². The highest BCUT2D eigenvalue weighted by atomic mass is 19.1. The van der Waals surface area contributed by atoms with Crippen molar-refractivity contribution in [2.24, 2.45) is 17.8 Å². The Morgan fingerprint density at radius 2 is 1.96 bits per heavy atom. The van der Waals surface area contributed by atoms with Crippen molar-refractivity contribution in [2.75, 3.05) is 0 Å². The third-order valence-electron chi connectivity index (χ3n) is 5.91. The van der Waals surface area contributed by atoms with Gasteiger partial charge in [-0.05, 0) is 67.6 Å². The van der Waals surface area contributed by atoms with Gasteiger partial charge >= 0.3 is 0 Å². The van der Waals surface area contributed by atoms with E-state index in [1.807, 2.05) is 12.1 Å². The van der Waals surface area contributed by atoms with Gasteiger partial charge in [0.2, 0.25) is 6.29 Å². The molecule has 1 aromatic rings. The largest absolute Gasteiger partial charge is 0.462 e. The van der Waals surface area contributed by atoms with Crippen LogP contribution in [-0.2, 0) is 4.74 Å². The van der Waals surface area contributed by atoms with Crippen LogP contribution in [0.1, 0.15) is 71.3 Å². The minimum Gasteiger partial charge on any atom is -0.462 e. The summed E-state index contributed by atoms with van der Waals surface area (Å²) in [5.41, 5.74) is 1.12. The predicted molar refractivity (Wildman–Crippen MR) is 94.7 cm³/mol. The smallest absolute Gasteiger partial charge is 0.202 e. The van der Waals surface area contributed by atoms with Gasteiger partial charge in [-0.1, -0.05) is 33.8 Å². The summed E-state index contributed by atoms with van der Waals surface area (Å²) in [6.45, 7) is 8.45. The molecule has 2 saturated carbocycles. The summed E-state index contributed by atoms with van der Waals surface area (Å²) < 4.78 is 26.6. The number of hydrogen-bond acceptors (Lipinski definition) is 2. The van der Waals surface area contributed by atoms with Crippen LogP contribution in [0, 0.1) is 23.6 Å². The summed E-state index contributed by atoms with van der Waals surface area (Å²) in [5.74, 6) is 2.13. The van der Waals surface area contributed by atoms with E-state index in [1.165, 1.54) is 25.3 Å². The molecule has 3 rings (SSSR count). The van der Waals surface area contributed by atoms with Crippen molar-refractivity contribution in [1.29, 1.82) is 0 Å². The lowest BCUT2D eigenvalue weighted by molar-refractivity contribution is -0.156. The molecule has 24 heavy (non-hydrogen) atoms. The molecule has 5 atom stereocenters. The fourth-order valence-electron chi connectivity index (χ4n) is 4.12. The second kappa shape index (κ2) is 7.43. The number of rotatable bonds is 7. The molecule has 0 N–H and O–H groups in total. The lowest BCUT2D eigenvalue weighted by Gasteiger charge is -2.30. The molecule has 1 aromatic carbocycles. The maximum absolute atomic E-state index is 14.2. The van der Waals surface area contributed by atoms with E-state index in [0.717, 1.165) is 24.3 Å². The highest BCUT2D eigenvalue weighted by molar-refractivity contribution is 5.32. The second-order valence-corrected chi connectivity index (χ2v) is 8.08. The van der Waals surface area contributed by atoms with E-state index < -0.39 is 0 Å². The number of ether oxygens (including phenoxy) is 2. The minimum atomic E-state index is -0.379. The molecule has 0 aromatic heterocycles. The molecule has 5 unspecified atom stereocenters. The SMILES string of the molecule is CCC(C)c1ccc(F)c(OC(OC2CC3CCC2C3)C(C)C)c1. The van der Waals surface area contributed by atoms with E-state index in [0.29, 0.717) is 17.6 Å². The van der Waals surface area contributed by atoms with Crippen LogP contribution in [0.25, 0.3) is 0 Å². The van der Waals surface area contributed by atoms with E-state index in [4.69, 9.17) is 9.47 Å². The quantitative estimate of drug-likeness (QED) is 0.577. The first-order valence-corrected chi connectivity index (χ1v) is 9.59. The lowest BCUT2D eigenvalue weighted by Crippen LogP contribution is -2.34. The molecule has 0 aliphatic heterocycles. The molecule has 0 spiro atoms. The number of halogens is 1. The van der Waals surface area contributed by atoms with Gasteiger partial charge in [0, 0.05) is 5.92 Å². The number of fused-ring (bicyclic) bond motifs is 2. The van der Waals surface area contributed by atoms with Crippen molar-refractivity contribution in [3.63, 3.8) is 0 Å². The first-order chi connectivity index (χ1) is 11.5. The first kappa shape index (κ1) is 17.7. The Balaban J connectivity index is 1.71. The zero-order valence-electron chi connectivity index (χ0n) is 15.4. The molecule has 3 heteroatoms. The molecule has 0 heterocycles. The van der Waals surface area contributed by atoms with Crippen molar-refractivity contribution >= 4 is 0 Å². The highest BCUT2D eigenvalue weighted by Gasteiger charge is 2.41. The molecule has 2 aliphatic rings. The Morgan fingerprint density at radius 1 is 1.17 bits per heavy atom. The normalized spacial score (nSPS) is 28.3. The summed E-state index contributed by atoms with van der Waals surface area (Å²) >= 11 is 0. The maximum atomic E-state index is 14.2. The number of benzene rings is 1. The molecule has 2 bridgehead atoms. The van der Waals surface area contributed by atoms with Gasteiger partial charge in [-0.15, -0.1) is 0 Å². The van der Waals surface area contributed by atoms with Crippen molar-refractivity contribution < 1.29 is 13.9 Å². The monoisotopic (exact) mass is 334 g/mol. The molecule has 0 amide bonds. The van der Waals surface area contributed by atoms with Crippen molar-refractivity contribution in [3.8, 4) is 5.75 Å². The van der Waals surface area contributed by atoms with Gasteiger partial charge in [0.25, 0.3) is 0 Å². The zero-order valence-corrected chi connectivity index (χ0v) is 15.4. The molecular formula is C21H31FO2. The summed E-state index contributed by atoms with van der Waals surface area (Å²) in [7, 11) is 0. The third kappa shape index (κ3) is 3.77. The van der Waals surface area contributed by atoms with Gasteiger partial charge in [0.05, 0.1) is 6.10 Å². The molecular weight excluding hydrogens is 303 g/mol. The second-order valence-electron chi connectivity index (χ2n) is 8.08. The molecule has 134 valence electrons. The van der Waals surface area contributed by atoms with E-state index in [2.05, 4.69) is 27.7 Å². The summed E-state index contributed by atoms with van der Waals surface area (Å²) in [6, 6.07) is 5.23. The maximum Gasteiger partial charge on any atom is 0.202 e. The molecule has 2 nitrogen and oxygen atoms in total. The molecule has 0 radical (unpaired) electrons. The van der Waals surface area contributed by atoms with Crippen LogP contribution in [0.4, 0.5) is 4.39 Å². The van der Waals surface area contributed by atoms with E-state index in [-0.39, 0.29) is 24.1 Å². The van der Waals surface area contributed by atoms with Gasteiger partial charge in [0.15, 0.2) is 11.6 Å². The Hall–Kier alpha value is -1.09. The van der Waals surface area contributed by atoms with Crippen LogP contribution in [0.2, 0.25) is 0 Å². The van der Waals surface area contributed by atoms with Gasteiger partial charge in [-0.2, -0.15) is 0 Å². The van der Waals surface area contributed by atoms with Crippen molar-refractivity contribution in [1.82, 2.24) is 0 Å². The zero-order chi connectivity index (χ0) is 17.3. The summed E-state index contributed by atoms with van der Waals surface area (Å²) in [4.78, 5) is 0. The van der Waals surface area contributed by atoms with Crippen LogP contribution in [0.5, 0.6) is 5.75 Å². The predicted octanol–water partition coefficient (Wildman–Crippen LogP) is 5.91. The Labute approximate surface area is 145 Å². The van der Waals surface area contributed by atoms with Gasteiger partial charge in [-0.3, -0.25) is 0 Å².